The Bertz CT molecular complexity index is 798. The number of halogens is 2. The van der Waals surface area contributed by atoms with E-state index in [0.29, 0.717) is 43.8 Å². The molecule has 0 spiro atoms. The average Bonchev–Trinajstić information content (AvgIpc) is 2.80. The molecule has 8 heteroatoms. The van der Waals surface area contributed by atoms with Crippen molar-refractivity contribution in [1.29, 1.82) is 5.26 Å². The molecule has 2 aliphatic rings. The van der Waals surface area contributed by atoms with Crippen LogP contribution in [-0.2, 0) is 9.53 Å². The molecule has 1 amide bonds. The summed E-state index contributed by atoms with van der Waals surface area (Å²) in [5, 5.41) is 12.1. The average molecular weight is 449 g/mol. The van der Waals surface area contributed by atoms with Crippen molar-refractivity contribution < 1.29 is 18.3 Å². The molecule has 1 aromatic rings. The van der Waals surface area contributed by atoms with Gasteiger partial charge in [0.2, 0.25) is 5.91 Å². The highest BCUT2D eigenvalue weighted by molar-refractivity contribution is 5.76. The number of nitrogens with one attached hydrogen (secondary N) is 1. The molecule has 0 aromatic heterocycles. The van der Waals surface area contributed by atoms with E-state index in [2.05, 4.69) is 10.2 Å². The zero-order chi connectivity index (χ0) is 22.9. The molecule has 3 rings (SSSR count). The normalized spacial score (nSPS) is 21.9. The largest absolute Gasteiger partial charge is 0.385 e. The smallest absolute Gasteiger partial charge is 0.220 e. The van der Waals surface area contributed by atoms with E-state index in [4.69, 9.17) is 10.00 Å². The van der Waals surface area contributed by atoms with Crippen molar-refractivity contribution in [1.82, 2.24) is 10.2 Å². The Morgan fingerprint density at radius 2 is 1.91 bits per heavy atom. The summed E-state index contributed by atoms with van der Waals surface area (Å²) in [4.78, 5) is 16.3. The third-order valence-corrected chi connectivity index (χ3v) is 6.71. The van der Waals surface area contributed by atoms with Crippen molar-refractivity contribution in [2.45, 2.75) is 51.0 Å². The van der Waals surface area contributed by atoms with E-state index in [1.54, 1.807) is 13.2 Å². The fraction of sp³-hybridized carbons (Fsp3) is 0.667. The zero-order valence-electron chi connectivity index (χ0n) is 18.9. The van der Waals surface area contributed by atoms with Crippen LogP contribution in [0.25, 0.3) is 0 Å². The highest BCUT2D eigenvalue weighted by Crippen LogP contribution is 2.28. The van der Waals surface area contributed by atoms with Crippen LogP contribution in [-0.4, -0.2) is 63.3 Å². The van der Waals surface area contributed by atoms with Crippen LogP contribution in [0.3, 0.4) is 0 Å². The maximum atomic E-state index is 14.4. The number of methoxy groups -OCH3 is 1. The van der Waals surface area contributed by atoms with E-state index >= 15 is 0 Å². The second-order valence-electron chi connectivity index (χ2n) is 8.87. The molecule has 1 heterocycles. The van der Waals surface area contributed by atoms with Crippen LogP contribution in [0.15, 0.2) is 12.1 Å². The number of carbonyl (C=O) groups is 1. The number of carbonyl (C=O) groups excluding carboxylic acids is 1. The Morgan fingerprint density at radius 3 is 2.56 bits per heavy atom. The number of amides is 1. The fourth-order valence-electron chi connectivity index (χ4n) is 4.74. The highest BCUT2D eigenvalue weighted by Gasteiger charge is 2.25. The molecular weight excluding hydrogens is 414 g/mol. The molecule has 176 valence electrons. The van der Waals surface area contributed by atoms with Gasteiger partial charge in [0, 0.05) is 52.4 Å². The summed E-state index contributed by atoms with van der Waals surface area (Å²) in [6.07, 6.45) is 6.79. The summed E-state index contributed by atoms with van der Waals surface area (Å²) < 4.78 is 33.0. The maximum absolute atomic E-state index is 14.4. The Morgan fingerprint density at radius 1 is 1.19 bits per heavy atom. The van der Waals surface area contributed by atoms with Crippen LogP contribution in [0.2, 0.25) is 0 Å². The van der Waals surface area contributed by atoms with Crippen LogP contribution in [0, 0.1) is 28.9 Å². The van der Waals surface area contributed by atoms with E-state index in [9.17, 15) is 13.6 Å². The number of ether oxygens (including phenoxy) is 1. The molecule has 32 heavy (non-hydrogen) atoms. The van der Waals surface area contributed by atoms with Crippen LogP contribution >= 0.6 is 0 Å². The first-order valence-electron chi connectivity index (χ1n) is 11.7. The van der Waals surface area contributed by atoms with Crippen molar-refractivity contribution in [2.24, 2.45) is 5.92 Å². The van der Waals surface area contributed by atoms with Gasteiger partial charge in [-0.3, -0.25) is 9.69 Å². The van der Waals surface area contributed by atoms with Gasteiger partial charge in [0.05, 0.1) is 5.69 Å². The monoisotopic (exact) mass is 448 g/mol. The summed E-state index contributed by atoms with van der Waals surface area (Å²) in [6.45, 7) is 4.61. The van der Waals surface area contributed by atoms with Gasteiger partial charge in [-0.05, 0) is 63.1 Å². The summed E-state index contributed by atoms with van der Waals surface area (Å²) >= 11 is 0. The molecule has 0 unspecified atom stereocenters. The van der Waals surface area contributed by atoms with Crippen molar-refractivity contribution in [2.75, 3.05) is 51.3 Å². The number of nitrogens with zero attached hydrogens (tertiary/aromatic N) is 3. The molecular formula is C24H34F2N4O2. The number of anilines is 1. The highest BCUT2D eigenvalue weighted by atomic mass is 19.1. The van der Waals surface area contributed by atoms with E-state index in [1.807, 2.05) is 4.90 Å². The molecule has 2 fully saturated rings. The lowest BCUT2D eigenvalue weighted by Gasteiger charge is -2.37. The minimum atomic E-state index is -0.812. The lowest BCUT2D eigenvalue weighted by atomic mass is 9.84. The van der Waals surface area contributed by atoms with E-state index < -0.39 is 17.2 Å². The Labute approximate surface area is 189 Å². The van der Waals surface area contributed by atoms with Gasteiger partial charge in [-0.1, -0.05) is 0 Å². The number of hydrogen-bond acceptors (Lipinski definition) is 5. The minimum Gasteiger partial charge on any atom is -0.385 e. The molecule has 0 radical (unpaired) electrons. The zero-order valence-corrected chi connectivity index (χ0v) is 18.9. The third-order valence-electron chi connectivity index (χ3n) is 6.71. The number of hydrogen-bond donors (Lipinski definition) is 1. The predicted molar refractivity (Wildman–Crippen MR) is 119 cm³/mol. The number of benzene rings is 1. The lowest BCUT2D eigenvalue weighted by molar-refractivity contribution is -0.122. The minimum absolute atomic E-state index is 0.128. The van der Waals surface area contributed by atoms with Gasteiger partial charge in [-0.25, -0.2) is 8.78 Å². The fourth-order valence-corrected chi connectivity index (χ4v) is 4.74. The van der Waals surface area contributed by atoms with Gasteiger partial charge in [0.1, 0.15) is 17.4 Å². The van der Waals surface area contributed by atoms with Gasteiger partial charge in [0.25, 0.3) is 0 Å². The van der Waals surface area contributed by atoms with Crippen molar-refractivity contribution >= 4 is 11.6 Å². The standard InChI is InChI=1S/C24H34F2N4O2/c1-32-16-2-3-23(31)28-19-6-4-18(5-7-19)10-11-29-12-14-30(15-13-29)22-9-8-21(25)20(17-27)24(22)26/h8-9,18-19H,2-7,10-16H2,1H3,(H,28,31). The van der Waals surface area contributed by atoms with Crippen LogP contribution in [0.1, 0.15) is 50.5 Å². The predicted octanol–water partition coefficient (Wildman–Crippen LogP) is 3.45. The third kappa shape index (κ3) is 6.63. The Hall–Kier alpha value is -2.24. The van der Waals surface area contributed by atoms with Crippen molar-refractivity contribution in [3.05, 3.63) is 29.3 Å². The molecule has 1 saturated heterocycles. The van der Waals surface area contributed by atoms with E-state index in [0.717, 1.165) is 58.2 Å². The second-order valence-corrected chi connectivity index (χ2v) is 8.87. The molecule has 1 aliphatic heterocycles. The molecule has 1 aliphatic carbocycles. The molecule has 1 saturated carbocycles. The van der Waals surface area contributed by atoms with Crippen molar-refractivity contribution in [3.63, 3.8) is 0 Å². The first-order valence-corrected chi connectivity index (χ1v) is 11.7. The molecule has 1 aromatic carbocycles. The summed E-state index contributed by atoms with van der Waals surface area (Å²) in [6, 6.07) is 4.51. The first-order chi connectivity index (χ1) is 15.5. The summed E-state index contributed by atoms with van der Waals surface area (Å²) in [7, 11) is 1.65. The molecule has 6 nitrogen and oxygen atoms in total. The second kappa shape index (κ2) is 12.1. The Balaban J connectivity index is 1.35. The lowest BCUT2D eigenvalue weighted by Crippen LogP contribution is -2.47. The first kappa shape index (κ1) is 24.4. The van der Waals surface area contributed by atoms with Crippen LogP contribution < -0.4 is 10.2 Å². The van der Waals surface area contributed by atoms with Gasteiger partial charge in [-0.2, -0.15) is 5.26 Å². The number of rotatable bonds is 9. The molecule has 0 atom stereocenters. The van der Waals surface area contributed by atoms with Crippen LogP contribution in [0.4, 0.5) is 14.5 Å². The number of piperazine rings is 1. The maximum Gasteiger partial charge on any atom is 0.220 e. The SMILES string of the molecule is COCCCC(=O)NC1CCC(CCN2CCN(c3ccc(F)c(C#N)c3F)CC2)CC1. The van der Waals surface area contributed by atoms with Crippen molar-refractivity contribution in [3.8, 4) is 6.07 Å². The summed E-state index contributed by atoms with van der Waals surface area (Å²) in [5.74, 6) is -0.762. The van der Waals surface area contributed by atoms with Crippen LogP contribution in [0.5, 0.6) is 0 Å². The van der Waals surface area contributed by atoms with Gasteiger partial charge in [0.15, 0.2) is 5.82 Å². The Kier molecular flexibility index (Phi) is 9.24. The molecule has 1 N–H and O–H groups in total. The van der Waals surface area contributed by atoms with E-state index in [-0.39, 0.29) is 5.91 Å². The quantitative estimate of drug-likeness (QED) is 0.586. The topological polar surface area (TPSA) is 68.6 Å². The van der Waals surface area contributed by atoms with Gasteiger partial charge in [-0.15, -0.1) is 0 Å². The van der Waals surface area contributed by atoms with E-state index in [1.165, 1.54) is 12.1 Å². The molecule has 0 bridgehead atoms. The summed E-state index contributed by atoms with van der Waals surface area (Å²) in [5.41, 5.74) is -0.197. The van der Waals surface area contributed by atoms with Gasteiger partial charge >= 0.3 is 0 Å². The number of nitriles is 1. The van der Waals surface area contributed by atoms with Gasteiger partial charge < -0.3 is 15.0 Å².